The van der Waals surface area contributed by atoms with Crippen molar-refractivity contribution in [2.45, 2.75) is 13.0 Å². The van der Waals surface area contributed by atoms with Gasteiger partial charge >= 0.3 is 0 Å². The van der Waals surface area contributed by atoms with E-state index in [1.165, 1.54) is 0 Å². The van der Waals surface area contributed by atoms with Crippen LogP contribution in [0.2, 0.25) is 0 Å². The molecule has 0 aliphatic heterocycles. The zero-order chi connectivity index (χ0) is 11.8. The van der Waals surface area contributed by atoms with Gasteiger partial charge in [-0.1, -0.05) is 0 Å². The summed E-state index contributed by atoms with van der Waals surface area (Å²) in [5.74, 6) is 0. The van der Waals surface area contributed by atoms with Crippen LogP contribution in [0, 0.1) is 0 Å². The largest absolute Gasteiger partial charge is 0.374 e. The smallest absolute Gasteiger partial charge is 0.261 e. The van der Waals surface area contributed by atoms with Crippen molar-refractivity contribution >= 4 is 15.9 Å². The summed E-state index contributed by atoms with van der Waals surface area (Å²) in [6.45, 7) is 0.968. The van der Waals surface area contributed by atoms with Gasteiger partial charge in [0.2, 0.25) is 0 Å². The van der Waals surface area contributed by atoms with E-state index in [-0.39, 0.29) is 6.61 Å². The molecule has 90 valence electrons. The fourth-order valence-electron chi connectivity index (χ4n) is 1.10. The zero-order valence-electron chi connectivity index (χ0n) is 8.63. The molecular formula is C10H13BrF2N2O. The molecule has 0 spiro atoms. The van der Waals surface area contributed by atoms with Gasteiger partial charge in [-0.05, 0) is 27.6 Å². The van der Waals surface area contributed by atoms with E-state index in [0.717, 1.165) is 10.0 Å². The second-order valence-corrected chi connectivity index (χ2v) is 4.07. The monoisotopic (exact) mass is 294 g/mol. The summed E-state index contributed by atoms with van der Waals surface area (Å²) in [4.78, 5) is 4.01. The average molecular weight is 295 g/mol. The lowest BCUT2D eigenvalue weighted by Crippen LogP contribution is -2.20. The molecule has 0 aliphatic rings. The minimum absolute atomic E-state index is 0.284. The van der Waals surface area contributed by atoms with E-state index in [9.17, 15) is 8.78 Å². The molecular weight excluding hydrogens is 282 g/mol. The molecule has 1 rings (SSSR count). The Morgan fingerprint density at radius 2 is 2.25 bits per heavy atom. The number of hydrogen-bond donors (Lipinski definition) is 1. The Kier molecular flexibility index (Phi) is 6.44. The normalized spacial score (nSPS) is 11.0. The maximum Gasteiger partial charge on any atom is 0.261 e. The highest BCUT2D eigenvalue weighted by molar-refractivity contribution is 9.10. The van der Waals surface area contributed by atoms with Crippen molar-refractivity contribution in [2.24, 2.45) is 0 Å². The van der Waals surface area contributed by atoms with Crippen molar-refractivity contribution in [3.8, 4) is 0 Å². The molecule has 1 aromatic heterocycles. The highest BCUT2D eigenvalue weighted by atomic mass is 79.9. The Labute approximate surface area is 101 Å². The Hall–Kier alpha value is -0.590. The molecule has 6 heteroatoms. The molecule has 1 N–H and O–H groups in total. The fraction of sp³-hybridized carbons (Fsp3) is 0.500. The molecule has 0 unspecified atom stereocenters. The van der Waals surface area contributed by atoms with Crippen molar-refractivity contribution in [2.75, 3.05) is 19.8 Å². The van der Waals surface area contributed by atoms with Gasteiger partial charge in [-0.3, -0.25) is 4.98 Å². The number of rotatable bonds is 7. The van der Waals surface area contributed by atoms with Crippen LogP contribution < -0.4 is 5.32 Å². The van der Waals surface area contributed by atoms with E-state index >= 15 is 0 Å². The van der Waals surface area contributed by atoms with E-state index in [0.29, 0.717) is 13.1 Å². The number of alkyl halides is 2. The second-order valence-electron chi connectivity index (χ2n) is 3.15. The van der Waals surface area contributed by atoms with Crippen LogP contribution in [-0.2, 0) is 11.3 Å². The summed E-state index contributed by atoms with van der Waals surface area (Å²) in [5.41, 5.74) is 1.03. The summed E-state index contributed by atoms with van der Waals surface area (Å²) >= 11 is 3.31. The van der Waals surface area contributed by atoms with Crippen LogP contribution in [0.4, 0.5) is 8.78 Å². The van der Waals surface area contributed by atoms with Gasteiger partial charge in [0.05, 0.1) is 6.61 Å². The van der Waals surface area contributed by atoms with Crippen molar-refractivity contribution in [1.82, 2.24) is 10.3 Å². The third kappa shape index (κ3) is 6.09. The molecule has 0 aromatic carbocycles. The third-order valence-corrected chi connectivity index (χ3v) is 2.19. The fourth-order valence-corrected chi connectivity index (χ4v) is 1.51. The molecule has 0 aliphatic carbocycles. The van der Waals surface area contributed by atoms with E-state index in [4.69, 9.17) is 4.74 Å². The minimum atomic E-state index is -2.39. The van der Waals surface area contributed by atoms with Crippen LogP contribution in [0.1, 0.15) is 5.56 Å². The Morgan fingerprint density at radius 1 is 1.44 bits per heavy atom. The number of nitrogens with zero attached hydrogens (tertiary/aromatic N) is 1. The van der Waals surface area contributed by atoms with Crippen molar-refractivity contribution in [3.63, 3.8) is 0 Å². The van der Waals surface area contributed by atoms with Crippen molar-refractivity contribution < 1.29 is 13.5 Å². The first-order valence-electron chi connectivity index (χ1n) is 4.84. The van der Waals surface area contributed by atoms with Crippen molar-refractivity contribution in [3.05, 3.63) is 28.5 Å². The molecule has 0 bridgehead atoms. The van der Waals surface area contributed by atoms with Crippen LogP contribution in [0.15, 0.2) is 22.9 Å². The summed E-state index contributed by atoms with van der Waals surface area (Å²) in [5, 5.41) is 3.07. The number of pyridine rings is 1. The van der Waals surface area contributed by atoms with Crippen molar-refractivity contribution in [1.29, 1.82) is 0 Å². The molecule has 1 heterocycles. The Morgan fingerprint density at radius 3 is 2.94 bits per heavy atom. The van der Waals surface area contributed by atoms with Gasteiger partial charge < -0.3 is 10.1 Å². The molecule has 0 radical (unpaired) electrons. The average Bonchev–Trinajstić information content (AvgIpc) is 2.23. The molecule has 0 fully saturated rings. The van der Waals surface area contributed by atoms with Crippen LogP contribution in [0.3, 0.4) is 0 Å². The van der Waals surface area contributed by atoms with Gasteiger partial charge in [0.1, 0.15) is 6.61 Å². The lowest BCUT2D eigenvalue weighted by atomic mass is 10.3. The van der Waals surface area contributed by atoms with Gasteiger partial charge in [0.15, 0.2) is 0 Å². The summed E-state index contributed by atoms with van der Waals surface area (Å²) in [6.07, 6.45) is 1.06. The molecule has 0 saturated heterocycles. The molecule has 3 nitrogen and oxygen atoms in total. The molecule has 0 atom stereocenters. The van der Waals surface area contributed by atoms with Gasteiger partial charge in [-0.2, -0.15) is 0 Å². The zero-order valence-corrected chi connectivity index (χ0v) is 10.2. The van der Waals surface area contributed by atoms with E-state index in [1.54, 1.807) is 12.4 Å². The first-order valence-corrected chi connectivity index (χ1v) is 5.64. The topological polar surface area (TPSA) is 34.1 Å². The van der Waals surface area contributed by atoms with E-state index in [1.807, 2.05) is 6.07 Å². The van der Waals surface area contributed by atoms with Gasteiger partial charge in [0, 0.05) is 30.0 Å². The number of hydrogen-bond acceptors (Lipinski definition) is 3. The predicted molar refractivity (Wildman–Crippen MR) is 60.5 cm³/mol. The Bertz CT molecular complexity index is 313. The molecule has 1 aromatic rings. The van der Waals surface area contributed by atoms with Crippen LogP contribution in [0.25, 0.3) is 0 Å². The lowest BCUT2D eigenvalue weighted by molar-refractivity contribution is 0.0187. The molecule has 0 amide bonds. The third-order valence-electron chi connectivity index (χ3n) is 1.76. The van der Waals surface area contributed by atoms with Gasteiger partial charge in [-0.25, -0.2) is 8.78 Å². The van der Waals surface area contributed by atoms with E-state index < -0.39 is 13.0 Å². The second kappa shape index (κ2) is 7.65. The molecule has 0 saturated carbocycles. The molecule has 16 heavy (non-hydrogen) atoms. The lowest BCUT2D eigenvalue weighted by Gasteiger charge is -2.05. The predicted octanol–water partition coefficient (Wildman–Crippen LogP) is 2.22. The first kappa shape index (κ1) is 13.5. The highest BCUT2D eigenvalue weighted by Crippen LogP contribution is 2.08. The SMILES string of the molecule is FC(F)COCCNCc1cncc(Br)c1. The van der Waals surface area contributed by atoms with Gasteiger partial charge in [0.25, 0.3) is 6.43 Å². The summed E-state index contributed by atoms with van der Waals surface area (Å²) < 4.78 is 29.0. The summed E-state index contributed by atoms with van der Waals surface area (Å²) in [7, 11) is 0. The van der Waals surface area contributed by atoms with Crippen LogP contribution >= 0.6 is 15.9 Å². The highest BCUT2D eigenvalue weighted by Gasteiger charge is 2.00. The van der Waals surface area contributed by atoms with Crippen LogP contribution in [-0.4, -0.2) is 31.2 Å². The maximum absolute atomic E-state index is 11.7. The maximum atomic E-state index is 11.7. The van der Waals surface area contributed by atoms with E-state index in [2.05, 4.69) is 26.2 Å². The number of aromatic nitrogens is 1. The standard InChI is InChI=1S/C10H13BrF2N2O/c11-9-3-8(5-15-6-9)4-14-1-2-16-7-10(12)13/h3,5-6,10,14H,1-2,4,7H2. The summed E-state index contributed by atoms with van der Waals surface area (Å²) in [6, 6.07) is 1.94. The van der Waals surface area contributed by atoms with Gasteiger partial charge in [-0.15, -0.1) is 0 Å². The number of ether oxygens (including phenoxy) is 1. The quantitative estimate of drug-likeness (QED) is 0.783. The van der Waals surface area contributed by atoms with Crippen LogP contribution in [0.5, 0.6) is 0 Å². The minimum Gasteiger partial charge on any atom is -0.374 e. The number of nitrogens with one attached hydrogen (secondary N) is 1. The number of halogens is 3. The Balaban J connectivity index is 2.07. The first-order chi connectivity index (χ1) is 7.68.